The van der Waals surface area contributed by atoms with Crippen LogP contribution in [0.5, 0.6) is 0 Å². The fourth-order valence-corrected chi connectivity index (χ4v) is 2.72. The van der Waals surface area contributed by atoms with Gasteiger partial charge in [0.2, 0.25) is 0 Å². The quantitative estimate of drug-likeness (QED) is 0.676. The van der Waals surface area contributed by atoms with Gasteiger partial charge in [-0.05, 0) is 43.6 Å². The van der Waals surface area contributed by atoms with E-state index in [4.69, 9.17) is 10.7 Å². The summed E-state index contributed by atoms with van der Waals surface area (Å²) in [5.74, 6) is 0. The van der Waals surface area contributed by atoms with Crippen molar-refractivity contribution < 1.29 is 0 Å². The van der Waals surface area contributed by atoms with E-state index in [1.165, 1.54) is 0 Å². The van der Waals surface area contributed by atoms with E-state index >= 15 is 0 Å². The van der Waals surface area contributed by atoms with E-state index in [1.807, 2.05) is 30.3 Å². The Morgan fingerprint density at radius 1 is 1.15 bits per heavy atom. The summed E-state index contributed by atoms with van der Waals surface area (Å²) in [5.41, 5.74) is -0.0687. The van der Waals surface area contributed by atoms with E-state index in [0.717, 1.165) is 4.90 Å². The monoisotopic (exact) mass is 215 g/mol. The van der Waals surface area contributed by atoms with E-state index in [0.29, 0.717) is 0 Å². The van der Waals surface area contributed by atoms with Crippen LogP contribution in [0.25, 0.3) is 0 Å². The lowest BCUT2D eigenvalue weighted by Crippen LogP contribution is -2.09. The minimum Gasteiger partial charge on any atom is -0.239 e. The van der Waals surface area contributed by atoms with Crippen LogP contribution >= 0.6 is 10.7 Å². The lowest BCUT2D eigenvalue weighted by atomic mass is 10.1. The summed E-state index contributed by atoms with van der Waals surface area (Å²) in [4.78, 5) is 1.08. The maximum absolute atomic E-state index is 6.15. The van der Waals surface area contributed by atoms with E-state index in [2.05, 4.69) is 25.1 Å². The zero-order valence-electron chi connectivity index (χ0n) is 8.12. The van der Waals surface area contributed by atoms with Gasteiger partial charge in [0.25, 0.3) is 0 Å². The van der Waals surface area contributed by atoms with Gasteiger partial charge in [-0.1, -0.05) is 18.2 Å². The minimum atomic E-state index is -0.506. The molecule has 13 heavy (non-hydrogen) atoms. The highest BCUT2D eigenvalue weighted by Gasteiger charge is 2.08. The van der Waals surface area contributed by atoms with Crippen LogP contribution in [0.1, 0.15) is 20.8 Å². The first kappa shape index (κ1) is 10.7. The van der Waals surface area contributed by atoms with Gasteiger partial charge in [-0.15, -0.1) is 0 Å². The van der Waals surface area contributed by atoms with Crippen LogP contribution in [0.15, 0.2) is 39.6 Å². The molecule has 1 rings (SSSR count). The SMILES string of the molecule is CC(C)(C)/N=S(\Cl)c1ccccc1. The van der Waals surface area contributed by atoms with Crippen LogP contribution in [0.2, 0.25) is 0 Å². The van der Waals surface area contributed by atoms with E-state index in [1.54, 1.807) is 0 Å². The Morgan fingerprint density at radius 3 is 2.15 bits per heavy atom. The molecule has 0 fully saturated rings. The molecule has 1 unspecified atom stereocenters. The van der Waals surface area contributed by atoms with Crippen LogP contribution in [0.4, 0.5) is 0 Å². The van der Waals surface area contributed by atoms with Crippen molar-refractivity contribution in [1.82, 2.24) is 0 Å². The standard InChI is InChI=1S/C10H14ClNS/c1-10(2,3)12-13(11)9-7-5-4-6-8-9/h4-8H,1-3H3. The molecule has 0 N–H and O–H groups in total. The van der Waals surface area contributed by atoms with Crippen molar-refractivity contribution in [3.63, 3.8) is 0 Å². The van der Waals surface area contributed by atoms with E-state index < -0.39 is 9.90 Å². The van der Waals surface area contributed by atoms with Gasteiger partial charge in [0.15, 0.2) is 0 Å². The lowest BCUT2D eigenvalue weighted by Gasteiger charge is -2.12. The summed E-state index contributed by atoms with van der Waals surface area (Å²) in [6.07, 6.45) is 0. The van der Waals surface area contributed by atoms with Crippen molar-refractivity contribution in [3.05, 3.63) is 30.3 Å². The number of benzene rings is 1. The van der Waals surface area contributed by atoms with Crippen molar-refractivity contribution in [2.24, 2.45) is 4.36 Å². The Morgan fingerprint density at radius 2 is 1.69 bits per heavy atom. The molecular weight excluding hydrogens is 202 g/mol. The summed E-state index contributed by atoms with van der Waals surface area (Å²) in [7, 11) is 5.65. The zero-order chi connectivity index (χ0) is 9.90. The molecule has 1 aromatic carbocycles. The van der Waals surface area contributed by atoms with Gasteiger partial charge in [-0.25, -0.2) is 4.36 Å². The van der Waals surface area contributed by atoms with Crippen LogP contribution in [0.3, 0.4) is 0 Å². The molecule has 0 aliphatic rings. The Bertz CT molecular complexity index is 300. The van der Waals surface area contributed by atoms with Gasteiger partial charge in [0, 0.05) is 14.8 Å². The normalized spacial score (nSPS) is 14.5. The summed E-state index contributed by atoms with van der Waals surface area (Å²) >= 11 is 0. The maximum atomic E-state index is 6.15. The number of rotatable bonds is 1. The number of nitrogens with zero attached hydrogens (tertiary/aromatic N) is 1. The highest BCUT2D eigenvalue weighted by Crippen LogP contribution is 2.18. The summed E-state index contributed by atoms with van der Waals surface area (Å²) in [6, 6.07) is 9.96. The Balaban J connectivity index is 2.92. The molecule has 1 atom stereocenters. The van der Waals surface area contributed by atoms with Gasteiger partial charge in [-0.2, -0.15) is 0 Å². The molecule has 1 nitrogen and oxygen atoms in total. The first-order valence-corrected chi connectivity index (χ1v) is 6.18. The fourth-order valence-electron chi connectivity index (χ4n) is 0.826. The highest BCUT2D eigenvalue weighted by atomic mass is 35.7. The predicted molar refractivity (Wildman–Crippen MR) is 60.1 cm³/mol. The van der Waals surface area contributed by atoms with Gasteiger partial charge in [-0.3, -0.25) is 0 Å². The van der Waals surface area contributed by atoms with Crippen molar-refractivity contribution in [2.75, 3.05) is 0 Å². The average Bonchev–Trinajstić information content (AvgIpc) is 2.03. The molecule has 0 aliphatic heterocycles. The van der Waals surface area contributed by atoms with Crippen LogP contribution < -0.4 is 0 Å². The third kappa shape index (κ3) is 3.92. The van der Waals surface area contributed by atoms with E-state index in [9.17, 15) is 0 Å². The molecule has 0 saturated carbocycles. The zero-order valence-corrected chi connectivity index (χ0v) is 9.69. The van der Waals surface area contributed by atoms with Gasteiger partial charge in [0.1, 0.15) is 0 Å². The summed E-state index contributed by atoms with van der Waals surface area (Å²) in [6.45, 7) is 6.16. The lowest BCUT2D eigenvalue weighted by molar-refractivity contribution is 0.593. The van der Waals surface area contributed by atoms with Crippen LogP contribution in [-0.2, 0) is 9.90 Å². The predicted octanol–water partition coefficient (Wildman–Crippen LogP) is 3.80. The second-order valence-electron chi connectivity index (χ2n) is 3.81. The van der Waals surface area contributed by atoms with Gasteiger partial charge >= 0.3 is 0 Å². The molecule has 3 heteroatoms. The molecule has 0 radical (unpaired) electrons. The molecular formula is C10H14ClNS. The second kappa shape index (κ2) is 4.25. The van der Waals surface area contributed by atoms with Crippen molar-refractivity contribution in [1.29, 1.82) is 0 Å². The second-order valence-corrected chi connectivity index (χ2v) is 5.82. The third-order valence-electron chi connectivity index (χ3n) is 1.29. The molecule has 0 spiro atoms. The summed E-state index contributed by atoms with van der Waals surface area (Å²) < 4.78 is 4.47. The molecule has 0 aromatic heterocycles. The number of halogens is 1. The van der Waals surface area contributed by atoms with Crippen molar-refractivity contribution >= 4 is 20.6 Å². The fraction of sp³-hybridized carbons (Fsp3) is 0.400. The summed E-state index contributed by atoms with van der Waals surface area (Å²) in [5, 5.41) is 0. The van der Waals surface area contributed by atoms with Crippen molar-refractivity contribution in [2.45, 2.75) is 31.2 Å². The molecule has 1 aromatic rings. The first-order valence-electron chi connectivity index (χ1n) is 4.18. The number of hydrogen-bond acceptors (Lipinski definition) is 1. The molecule has 0 bridgehead atoms. The van der Waals surface area contributed by atoms with Crippen LogP contribution in [-0.4, -0.2) is 5.54 Å². The van der Waals surface area contributed by atoms with Crippen molar-refractivity contribution in [3.8, 4) is 0 Å². The Kier molecular flexibility index (Phi) is 3.51. The van der Waals surface area contributed by atoms with Crippen LogP contribution in [0, 0.1) is 0 Å². The molecule has 0 saturated heterocycles. The molecule has 72 valence electrons. The van der Waals surface area contributed by atoms with Gasteiger partial charge in [0.05, 0.1) is 5.54 Å². The molecule has 0 aliphatic carbocycles. The maximum Gasteiger partial charge on any atom is 0.0609 e. The molecule has 0 amide bonds. The minimum absolute atomic E-state index is 0.0687. The topological polar surface area (TPSA) is 12.4 Å². The largest absolute Gasteiger partial charge is 0.239 e. The van der Waals surface area contributed by atoms with Gasteiger partial charge < -0.3 is 0 Å². The van der Waals surface area contributed by atoms with E-state index in [-0.39, 0.29) is 5.54 Å². The molecule has 0 heterocycles. The first-order chi connectivity index (χ1) is 5.99. The Hall–Kier alpha value is -0.340. The Labute approximate surface area is 86.7 Å². The number of hydrogen-bond donors (Lipinski definition) is 0. The highest BCUT2D eigenvalue weighted by molar-refractivity contribution is 8.10. The smallest absolute Gasteiger partial charge is 0.0609 e. The average molecular weight is 216 g/mol. The third-order valence-corrected chi connectivity index (χ3v) is 3.40.